The lowest BCUT2D eigenvalue weighted by Crippen LogP contribution is -2.81. The van der Waals surface area contributed by atoms with Gasteiger partial charge in [0.2, 0.25) is 0 Å². The van der Waals surface area contributed by atoms with Gasteiger partial charge in [-0.15, -0.1) is 21.9 Å². The second kappa shape index (κ2) is 15.5. The van der Waals surface area contributed by atoms with Gasteiger partial charge in [0.1, 0.15) is 52.7 Å². The zero-order chi connectivity index (χ0) is 41.8. The first kappa shape index (κ1) is 42.5. The quantitative estimate of drug-likeness (QED) is 0.0740. The average molecular weight is 814 g/mol. The summed E-state index contributed by atoms with van der Waals surface area (Å²) in [6.07, 6.45) is -7.22. The van der Waals surface area contributed by atoms with Crippen LogP contribution in [0.2, 0.25) is 0 Å². The number of hydrogen-bond donors (Lipinski definition) is 0. The standard InChI is InChI=1S/C24BF20.C9H13N/c26-5-1(6(27)14(35)21(42)13(5)34)25(2-7(28)15(36)22(43)16(37)8(2)29,3-9(30)17(38)23(44)18(39)10(3)31)4-11(32)19(40)24(45)20(41)12(4)33;1-10(2)8-9-6-4-3-5-7-9/h;3-7H,8H2,1-2H3/q-1;. The molecule has 294 valence electrons. The Hall–Kier alpha value is -5.28. The van der Waals surface area contributed by atoms with Crippen LogP contribution in [0, 0.1) is 116 Å². The van der Waals surface area contributed by atoms with E-state index in [9.17, 15) is 52.7 Å². The van der Waals surface area contributed by atoms with E-state index in [2.05, 4.69) is 43.3 Å². The van der Waals surface area contributed by atoms with Crippen LogP contribution in [0.25, 0.3) is 0 Å². The van der Waals surface area contributed by atoms with E-state index in [1.165, 1.54) is 5.56 Å². The van der Waals surface area contributed by atoms with E-state index in [1.54, 1.807) is 0 Å². The van der Waals surface area contributed by atoms with Crippen LogP contribution in [0.4, 0.5) is 87.8 Å². The molecule has 0 atom stereocenters. The molecule has 0 spiro atoms. The Kier molecular flexibility index (Phi) is 11.9. The third kappa shape index (κ3) is 6.62. The van der Waals surface area contributed by atoms with Crippen molar-refractivity contribution in [2.45, 2.75) is 6.54 Å². The number of hydrogen-bond acceptors (Lipinski definition) is 1. The van der Waals surface area contributed by atoms with Gasteiger partial charge >= 0.3 is 0 Å². The lowest BCUT2D eigenvalue weighted by atomic mass is 9.12. The van der Waals surface area contributed by atoms with Crippen molar-refractivity contribution in [2.24, 2.45) is 0 Å². The van der Waals surface area contributed by atoms with Crippen LogP contribution in [-0.2, 0) is 6.54 Å². The number of halogens is 20. The summed E-state index contributed by atoms with van der Waals surface area (Å²) in [7, 11) is 4.15. The fourth-order valence-corrected chi connectivity index (χ4v) is 5.82. The van der Waals surface area contributed by atoms with Crippen molar-refractivity contribution < 1.29 is 87.8 Å². The highest BCUT2D eigenvalue weighted by molar-refractivity contribution is 7.20. The molecule has 0 aliphatic heterocycles. The molecule has 0 radical (unpaired) electrons. The number of rotatable bonds is 6. The molecular formula is C33H13BF20N-. The second-order valence-electron chi connectivity index (χ2n) is 11.5. The van der Waals surface area contributed by atoms with Crippen LogP contribution < -0.4 is 21.9 Å². The minimum atomic E-state index is -7.22. The predicted molar refractivity (Wildman–Crippen MR) is 153 cm³/mol. The van der Waals surface area contributed by atoms with Gasteiger partial charge in [-0.25, -0.2) is 87.8 Å². The minimum absolute atomic E-state index is 1.03. The van der Waals surface area contributed by atoms with E-state index in [0.29, 0.717) is 0 Å². The van der Waals surface area contributed by atoms with Crippen molar-refractivity contribution >= 4 is 28.0 Å². The maximum atomic E-state index is 15.4. The second-order valence-corrected chi connectivity index (χ2v) is 11.5. The molecule has 0 saturated carbocycles. The molecule has 1 nitrogen and oxygen atoms in total. The monoisotopic (exact) mass is 814 g/mol. The van der Waals surface area contributed by atoms with Crippen LogP contribution in [0.15, 0.2) is 30.3 Å². The van der Waals surface area contributed by atoms with Gasteiger partial charge in [-0.1, -0.05) is 30.3 Å². The summed E-state index contributed by atoms with van der Waals surface area (Å²) in [5, 5.41) is 0. The smallest absolute Gasteiger partial charge is 0.200 e. The highest BCUT2D eigenvalue weighted by Crippen LogP contribution is 2.30. The Balaban J connectivity index is 0.000000583. The van der Waals surface area contributed by atoms with E-state index in [4.69, 9.17) is 0 Å². The molecule has 22 heteroatoms. The summed E-state index contributed by atoms with van der Waals surface area (Å²) in [4.78, 5) is 2.16. The molecule has 5 aromatic rings. The molecule has 0 aliphatic carbocycles. The first-order valence-electron chi connectivity index (χ1n) is 14.4. The molecule has 0 N–H and O–H groups in total. The molecule has 5 aromatic carbocycles. The summed E-state index contributed by atoms with van der Waals surface area (Å²) in [6.45, 7) is 1.03. The molecule has 0 amide bonds. The minimum Gasteiger partial charge on any atom is -0.305 e. The first-order chi connectivity index (χ1) is 25.5. The Morgan fingerprint density at radius 3 is 0.673 bits per heavy atom. The van der Waals surface area contributed by atoms with E-state index in [0.717, 1.165) is 6.54 Å². The Morgan fingerprint density at radius 2 is 0.491 bits per heavy atom. The molecule has 0 bridgehead atoms. The van der Waals surface area contributed by atoms with Crippen molar-refractivity contribution in [1.29, 1.82) is 0 Å². The molecule has 0 saturated heterocycles. The Bertz CT molecular complexity index is 1950. The highest BCUT2D eigenvalue weighted by atomic mass is 19.2. The van der Waals surface area contributed by atoms with Crippen molar-refractivity contribution in [2.75, 3.05) is 14.1 Å². The fourth-order valence-electron chi connectivity index (χ4n) is 5.82. The largest absolute Gasteiger partial charge is 0.305 e. The summed E-state index contributed by atoms with van der Waals surface area (Å²) in [6, 6.07) is 10.5. The van der Waals surface area contributed by atoms with Crippen LogP contribution in [-0.4, -0.2) is 25.1 Å². The van der Waals surface area contributed by atoms with Gasteiger partial charge in [0.05, 0.1) is 0 Å². The first-order valence-corrected chi connectivity index (χ1v) is 14.4. The van der Waals surface area contributed by atoms with Crippen molar-refractivity contribution in [3.8, 4) is 0 Å². The van der Waals surface area contributed by atoms with Crippen LogP contribution >= 0.6 is 0 Å². The maximum Gasteiger partial charge on any atom is 0.200 e. The number of benzene rings is 5. The normalized spacial score (nSPS) is 11.7. The van der Waals surface area contributed by atoms with Gasteiger partial charge in [-0.3, -0.25) is 0 Å². The predicted octanol–water partition coefficient (Wildman–Crippen LogP) is 7.59. The molecular weight excluding hydrogens is 801 g/mol. The van der Waals surface area contributed by atoms with Gasteiger partial charge in [0, 0.05) is 6.54 Å². The molecule has 0 aromatic heterocycles. The van der Waals surface area contributed by atoms with Gasteiger partial charge < -0.3 is 4.90 Å². The molecule has 5 rings (SSSR count). The average Bonchev–Trinajstić information content (AvgIpc) is 3.15. The Labute approximate surface area is 293 Å². The highest BCUT2D eigenvalue weighted by Gasteiger charge is 2.52. The van der Waals surface area contributed by atoms with E-state index in [1.807, 2.05) is 6.07 Å². The molecule has 0 fully saturated rings. The van der Waals surface area contributed by atoms with E-state index in [-0.39, 0.29) is 0 Å². The van der Waals surface area contributed by atoms with Crippen molar-refractivity contribution in [1.82, 2.24) is 4.90 Å². The van der Waals surface area contributed by atoms with Crippen LogP contribution in [0.3, 0.4) is 0 Å². The van der Waals surface area contributed by atoms with Gasteiger partial charge in [0.15, 0.2) is 69.8 Å². The maximum absolute atomic E-state index is 15.4. The zero-order valence-electron chi connectivity index (χ0n) is 26.7. The van der Waals surface area contributed by atoms with Gasteiger partial charge in [0.25, 0.3) is 0 Å². The molecule has 0 aliphatic rings. The molecule has 0 heterocycles. The van der Waals surface area contributed by atoms with Gasteiger partial charge in [-0.05, 0) is 19.7 Å². The van der Waals surface area contributed by atoms with Crippen molar-refractivity contribution in [3.63, 3.8) is 0 Å². The third-order valence-electron chi connectivity index (χ3n) is 8.05. The van der Waals surface area contributed by atoms with Crippen molar-refractivity contribution in [3.05, 3.63) is 152 Å². The van der Waals surface area contributed by atoms with Gasteiger partial charge in [-0.2, -0.15) is 0 Å². The summed E-state index contributed by atoms with van der Waals surface area (Å²) in [5.74, 6) is -71.4. The molecule has 55 heavy (non-hydrogen) atoms. The lowest BCUT2D eigenvalue weighted by molar-refractivity contribution is 0.378. The Morgan fingerprint density at radius 1 is 0.309 bits per heavy atom. The van der Waals surface area contributed by atoms with Crippen LogP contribution in [0.5, 0.6) is 0 Å². The lowest BCUT2D eigenvalue weighted by Gasteiger charge is -2.44. The zero-order valence-corrected chi connectivity index (χ0v) is 26.7. The fraction of sp³-hybridized carbons (Fsp3) is 0.0909. The number of nitrogens with zero attached hydrogens (tertiary/aromatic N) is 1. The van der Waals surface area contributed by atoms with Crippen LogP contribution in [0.1, 0.15) is 5.56 Å². The molecule has 0 unspecified atom stereocenters. The third-order valence-corrected chi connectivity index (χ3v) is 8.05. The van der Waals surface area contributed by atoms with E-state index >= 15 is 35.1 Å². The summed E-state index contributed by atoms with van der Waals surface area (Å²) < 4.78 is 294. The van der Waals surface area contributed by atoms with E-state index < -0.39 is 144 Å². The topological polar surface area (TPSA) is 3.24 Å². The SMILES string of the molecule is CN(C)Cc1ccccc1.Fc1c(F)c(F)c([B-](c2c(F)c(F)c(F)c(F)c2F)(c2c(F)c(F)c(F)c(F)c2F)c2c(F)c(F)c(F)c(F)c2F)c(F)c1F. The summed E-state index contributed by atoms with van der Waals surface area (Å²) >= 11 is 0. The summed E-state index contributed by atoms with van der Waals surface area (Å²) in [5.41, 5.74) is -13.0.